The van der Waals surface area contributed by atoms with E-state index in [1.54, 1.807) is 6.92 Å². The fourth-order valence-corrected chi connectivity index (χ4v) is 2.89. The summed E-state index contributed by atoms with van der Waals surface area (Å²) in [6.45, 7) is 7.55. The summed E-state index contributed by atoms with van der Waals surface area (Å²) in [5, 5.41) is 0. The van der Waals surface area contributed by atoms with Crippen molar-refractivity contribution in [3.8, 4) is 0 Å². The van der Waals surface area contributed by atoms with E-state index in [0.717, 1.165) is 0 Å². The van der Waals surface area contributed by atoms with Crippen molar-refractivity contribution in [2.24, 2.45) is 0 Å². The summed E-state index contributed by atoms with van der Waals surface area (Å²) in [5.41, 5.74) is 0.496. The first-order chi connectivity index (χ1) is 6.51. The largest absolute Gasteiger partial charge is 0.508 e. The van der Waals surface area contributed by atoms with Crippen LogP contribution >= 0.6 is 0 Å². The molecular weight excluding hydrogens is 200 g/mol. The summed E-state index contributed by atoms with van der Waals surface area (Å²) in [4.78, 5) is 11.4. The molecule has 4 nitrogen and oxygen atoms in total. The zero-order valence-electron chi connectivity index (χ0n) is 9.25. The molecule has 5 heteroatoms. The maximum absolute atomic E-state index is 11.4. The third-order valence-electron chi connectivity index (χ3n) is 1.84. The highest BCUT2D eigenvalue weighted by atomic mass is 28.4. The van der Waals surface area contributed by atoms with Crippen molar-refractivity contribution in [3.05, 3.63) is 12.2 Å². The Morgan fingerprint density at radius 3 is 2.14 bits per heavy atom. The molecular formula is C9H18O4Si. The highest BCUT2D eigenvalue weighted by molar-refractivity contribution is 6.64. The fraction of sp³-hybridized carbons (Fsp3) is 0.667. The molecule has 0 bridgehead atoms. The first kappa shape index (κ1) is 13.5. The fourth-order valence-electron chi connectivity index (χ4n) is 0.964. The average Bonchev–Trinajstić information content (AvgIpc) is 2.16. The lowest BCUT2D eigenvalue weighted by atomic mass is 10.2. The molecule has 0 N–H and O–H groups in total. The van der Waals surface area contributed by atoms with Crippen molar-refractivity contribution in [1.29, 1.82) is 0 Å². The van der Waals surface area contributed by atoms with Crippen LogP contribution in [0.15, 0.2) is 12.2 Å². The third kappa shape index (κ3) is 3.71. The molecule has 0 saturated carbocycles. The predicted octanol–water partition coefficient (Wildman–Crippen LogP) is 1.40. The van der Waals surface area contributed by atoms with E-state index in [1.165, 1.54) is 14.2 Å². The van der Waals surface area contributed by atoms with Crippen molar-refractivity contribution >= 4 is 14.6 Å². The van der Waals surface area contributed by atoms with Crippen LogP contribution in [0.25, 0.3) is 0 Å². The Morgan fingerprint density at radius 2 is 1.86 bits per heavy atom. The van der Waals surface area contributed by atoms with Gasteiger partial charge in [0.2, 0.25) is 0 Å². The Morgan fingerprint density at radius 1 is 1.36 bits per heavy atom. The first-order valence-corrected chi connectivity index (χ1v) is 6.37. The predicted molar refractivity (Wildman–Crippen MR) is 56.0 cm³/mol. The first-order valence-electron chi connectivity index (χ1n) is 4.44. The van der Waals surface area contributed by atoms with E-state index in [1.807, 2.05) is 6.92 Å². The molecule has 82 valence electrons. The molecule has 0 heterocycles. The van der Waals surface area contributed by atoms with Crippen LogP contribution in [0.4, 0.5) is 0 Å². The van der Waals surface area contributed by atoms with Gasteiger partial charge in [-0.3, -0.25) is 4.79 Å². The number of carbonyl (C=O) groups excluding carboxylic acids is 1. The van der Waals surface area contributed by atoms with Crippen molar-refractivity contribution in [3.63, 3.8) is 0 Å². The SMILES string of the molecule is C=C(C)C(=O)C[Si](OC)(OC)OCC. The minimum Gasteiger partial charge on any atom is -0.377 e. The van der Waals surface area contributed by atoms with Crippen LogP contribution in [0.3, 0.4) is 0 Å². The molecule has 0 aromatic rings. The van der Waals surface area contributed by atoms with Gasteiger partial charge < -0.3 is 13.3 Å². The second kappa shape index (κ2) is 6.08. The highest BCUT2D eigenvalue weighted by Gasteiger charge is 2.41. The summed E-state index contributed by atoms with van der Waals surface area (Å²) in [5.74, 6) is -0.0752. The molecule has 0 saturated heterocycles. The molecule has 0 atom stereocenters. The Balaban J connectivity index is 4.49. The number of Topliss-reactive ketones (excluding diaryl/α,β-unsaturated/α-hetero) is 1. The zero-order chi connectivity index (χ0) is 11.2. The summed E-state index contributed by atoms with van der Waals surface area (Å²) >= 11 is 0. The normalized spacial score (nSPS) is 11.4. The summed E-state index contributed by atoms with van der Waals surface area (Å²) in [6, 6.07) is 0.156. The quantitative estimate of drug-likeness (QED) is 0.478. The number of ketones is 1. The average molecular weight is 218 g/mol. The number of hydrogen-bond donors (Lipinski definition) is 0. The maximum Gasteiger partial charge on any atom is 0.508 e. The van der Waals surface area contributed by atoms with Crippen molar-refractivity contribution < 1.29 is 18.1 Å². The molecule has 0 radical (unpaired) electrons. The highest BCUT2D eigenvalue weighted by Crippen LogP contribution is 2.16. The maximum atomic E-state index is 11.4. The zero-order valence-corrected chi connectivity index (χ0v) is 10.3. The lowest BCUT2D eigenvalue weighted by Gasteiger charge is -2.24. The molecule has 14 heavy (non-hydrogen) atoms. The lowest BCUT2D eigenvalue weighted by Crippen LogP contribution is -2.45. The number of rotatable bonds is 7. The van der Waals surface area contributed by atoms with Gasteiger partial charge in [0, 0.05) is 20.8 Å². The molecule has 0 fully saturated rings. The molecule has 0 aliphatic rings. The molecule has 0 spiro atoms. The van der Waals surface area contributed by atoms with E-state index in [0.29, 0.717) is 12.2 Å². The van der Waals surface area contributed by atoms with Gasteiger partial charge in [-0.1, -0.05) is 6.58 Å². The van der Waals surface area contributed by atoms with Gasteiger partial charge in [-0.25, -0.2) is 0 Å². The second-order valence-electron chi connectivity index (χ2n) is 2.90. The van der Waals surface area contributed by atoms with Crippen LogP contribution < -0.4 is 0 Å². The van der Waals surface area contributed by atoms with Crippen LogP contribution in [0.1, 0.15) is 13.8 Å². The monoisotopic (exact) mass is 218 g/mol. The topological polar surface area (TPSA) is 44.8 Å². The van der Waals surface area contributed by atoms with E-state index in [-0.39, 0.29) is 11.8 Å². The van der Waals surface area contributed by atoms with Crippen LogP contribution in [0.2, 0.25) is 6.04 Å². The van der Waals surface area contributed by atoms with Gasteiger partial charge in [-0.05, 0) is 19.4 Å². The van der Waals surface area contributed by atoms with Crippen LogP contribution in [-0.4, -0.2) is 35.4 Å². The van der Waals surface area contributed by atoms with Gasteiger partial charge in [0.15, 0.2) is 5.78 Å². The second-order valence-corrected chi connectivity index (χ2v) is 5.73. The van der Waals surface area contributed by atoms with Crippen LogP contribution in [0.5, 0.6) is 0 Å². The smallest absolute Gasteiger partial charge is 0.377 e. The van der Waals surface area contributed by atoms with Crippen molar-refractivity contribution in [1.82, 2.24) is 0 Å². The standard InChI is InChI=1S/C9H18O4Si/c1-6-13-14(11-4,12-5)7-9(10)8(2)3/h2,6-7H2,1,3-5H3. The Labute approximate surface area is 86.2 Å². The molecule has 0 amide bonds. The Bertz CT molecular complexity index is 211. The minimum absolute atomic E-state index is 0.0752. The van der Waals surface area contributed by atoms with Gasteiger partial charge in [0.1, 0.15) is 0 Å². The van der Waals surface area contributed by atoms with Gasteiger partial charge in [-0.15, -0.1) is 0 Å². The van der Waals surface area contributed by atoms with Crippen LogP contribution in [0, 0.1) is 0 Å². The van der Waals surface area contributed by atoms with Gasteiger partial charge >= 0.3 is 8.80 Å². The van der Waals surface area contributed by atoms with E-state index < -0.39 is 8.80 Å². The number of allylic oxidation sites excluding steroid dienone is 1. The summed E-state index contributed by atoms with van der Waals surface area (Å²) in [6.07, 6.45) is 0. The summed E-state index contributed by atoms with van der Waals surface area (Å²) in [7, 11) is 0.215. The number of hydrogen-bond acceptors (Lipinski definition) is 4. The molecule has 0 unspecified atom stereocenters. The van der Waals surface area contributed by atoms with E-state index in [9.17, 15) is 4.79 Å². The van der Waals surface area contributed by atoms with Crippen molar-refractivity contribution in [2.45, 2.75) is 19.9 Å². The van der Waals surface area contributed by atoms with E-state index in [4.69, 9.17) is 13.3 Å². The van der Waals surface area contributed by atoms with E-state index in [2.05, 4.69) is 6.58 Å². The minimum atomic E-state index is -2.78. The molecule has 0 rings (SSSR count). The Kier molecular flexibility index (Phi) is 5.86. The molecule has 0 aliphatic carbocycles. The molecule has 0 aromatic carbocycles. The van der Waals surface area contributed by atoms with Gasteiger partial charge in [0.05, 0.1) is 6.04 Å². The van der Waals surface area contributed by atoms with Crippen LogP contribution in [-0.2, 0) is 18.1 Å². The lowest BCUT2D eigenvalue weighted by molar-refractivity contribution is -0.114. The Hall–Kier alpha value is -0.493. The van der Waals surface area contributed by atoms with Gasteiger partial charge in [-0.2, -0.15) is 0 Å². The molecule has 0 aliphatic heterocycles. The van der Waals surface area contributed by atoms with E-state index >= 15 is 0 Å². The molecule has 0 aromatic heterocycles. The number of carbonyl (C=O) groups is 1. The third-order valence-corrected chi connectivity index (χ3v) is 4.57. The summed E-state index contributed by atoms with van der Waals surface area (Å²) < 4.78 is 15.7. The van der Waals surface area contributed by atoms with Crippen molar-refractivity contribution in [2.75, 3.05) is 20.8 Å². The van der Waals surface area contributed by atoms with Gasteiger partial charge in [0.25, 0.3) is 0 Å².